The molecule has 7 nitrogen and oxygen atoms in total. The molecular weight excluding hydrogens is 497 g/mol. The van der Waals surface area contributed by atoms with Gasteiger partial charge in [0.25, 0.3) is 5.91 Å². The van der Waals surface area contributed by atoms with Crippen LogP contribution in [0.2, 0.25) is 5.02 Å². The Balaban J connectivity index is 1.99. The van der Waals surface area contributed by atoms with E-state index in [1.807, 2.05) is 0 Å². The largest absolute Gasteiger partial charge is 0.417 e. The third-order valence-corrected chi connectivity index (χ3v) is 5.57. The Morgan fingerprint density at radius 3 is 2.46 bits per heavy atom. The molecule has 35 heavy (non-hydrogen) atoms. The van der Waals surface area contributed by atoms with Crippen molar-refractivity contribution in [3.8, 4) is 5.69 Å². The van der Waals surface area contributed by atoms with Crippen molar-refractivity contribution in [2.45, 2.75) is 32.2 Å². The minimum absolute atomic E-state index is 0.0241. The number of aromatic nitrogens is 3. The lowest BCUT2D eigenvalue weighted by atomic mass is 9.97. The van der Waals surface area contributed by atoms with E-state index < -0.39 is 63.3 Å². The van der Waals surface area contributed by atoms with Crippen LogP contribution in [-0.4, -0.2) is 44.1 Å². The highest BCUT2D eigenvalue weighted by Crippen LogP contribution is 2.41. The topological polar surface area (TPSA) is 92.4 Å². The first kappa shape index (κ1) is 24.7. The Morgan fingerprint density at radius 2 is 1.86 bits per heavy atom. The van der Waals surface area contributed by atoms with Crippen LogP contribution in [0.1, 0.15) is 53.0 Å². The van der Waals surface area contributed by atoms with Crippen LogP contribution in [0.15, 0.2) is 35.3 Å². The van der Waals surface area contributed by atoms with Gasteiger partial charge >= 0.3 is 6.18 Å². The van der Waals surface area contributed by atoms with Gasteiger partial charge in [0.05, 0.1) is 33.7 Å². The van der Waals surface area contributed by atoms with Crippen molar-refractivity contribution in [1.82, 2.24) is 20.1 Å². The average molecular weight is 514 g/mol. The fourth-order valence-corrected chi connectivity index (χ4v) is 3.96. The lowest BCUT2D eigenvalue weighted by molar-refractivity contribution is -0.137. The van der Waals surface area contributed by atoms with Crippen molar-refractivity contribution in [3.05, 3.63) is 75.3 Å². The molecule has 4 rings (SSSR count). The van der Waals surface area contributed by atoms with E-state index in [1.54, 1.807) is 0 Å². The molecular formula is C22H17ClF5N5O2. The minimum atomic E-state index is -4.87. The van der Waals surface area contributed by atoms with Gasteiger partial charge in [-0.2, -0.15) is 13.2 Å². The van der Waals surface area contributed by atoms with Gasteiger partial charge in [0.1, 0.15) is 17.7 Å². The number of fused-ring (bicyclic) bond motifs is 3. The van der Waals surface area contributed by atoms with E-state index >= 15 is 0 Å². The van der Waals surface area contributed by atoms with E-state index in [0.717, 1.165) is 28.9 Å². The normalized spacial score (nSPS) is 16.1. The molecule has 0 saturated carbocycles. The number of aliphatic hydroxyl groups excluding tert-OH is 1. The summed E-state index contributed by atoms with van der Waals surface area (Å²) in [5.41, 5.74) is -2.88. The molecule has 184 valence electrons. The Hall–Kier alpha value is -3.38. The van der Waals surface area contributed by atoms with E-state index in [0.29, 0.717) is 6.07 Å². The zero-order valence-electron chi connectivity index (χ0n) is 18.2. The zero-order valence-corrected chi connectivity index (χ0v) is 18.9. The second kappa shape index (κ2) is 9.00. The number of hydrogen-bond donors (Lipinski definition) is 2. The number of aliphatic imine (C=N–C) groups is 1. The molecule has 0 radical (unpaired) electrons. The van der Waals surface area contributed by atoms with Crippen molar-refractivity contribution in [1.29, 1.82) is 0 Å². The molecule has 2 N–H and O–H groups in total. The molecule has 1 amide bonds. The van der Waals surface area contributed by atoms with Crippen molar-refractivity contribution in [2.24, 2.45) is 4.99 Å². The summed E-state index contributed by atoms with van der Waals surface area (Å²) in [7, 11) is 0. The third-order valence-electron chi connectivity index (χ3n) is 5.18. The molecule has 0 fully saturated rings. The highest BCUT2D eigenvalue weighted by Gasteiger charge is 2.38. The summed E-state index contributed by atoms with van der Waals surface area (Å²) >= 11 is 6.19. The van der Waals surface area contributed by atoms with Gasteiger partial charge in [0.15, 0.2) is 5.82 Å². The van der Waals surface area contributed by atoms with Gasteiger partial charge in [-0.05, 0) is 38.1 Å². The maximum atomic E-state index is 14.7. The van der Waals surface area contributed by atoms with Crippen LogP contribution in [0, 0.1) is 11.6 Å². The van der Waals surface area contributed by atoms with E-state index in [4.69, 9.17) is 11.6 Å². The number of amides is 1. The first-order valence-corrected chi connectivity index (χ1v) is 10.6. The minimum Gasteiger partial charge on any atom is -0.392 e. The predicted molar refractivity (Wildman–Crippen MR) is 116 cm³/mol. The van der Waals surface area contributed by atoms with Crippen molar-refractivity contribution < 1.29 is 31.9 Å². The Labute approximate surface area is 200 Å². The first-order chi connectivity index (χ1) is 16.4. The van der Waals surface area contributed by atoms with Crippen LogP contribution in [0.3, 0.4) is 0 Å². The number of alkyl halides is 3. The summed E-state index contributed by atoms with van der Waals surface area (Å²) in [4.78, 5) is 20.8. The van der Waals surface area contributed by atoms with Crippen LogP contribution >= 0.6 is 11.6 Å². The fourth-order valence-electron chi connectivity index (χ4n) is 3.60. The molecule has 0 unspecified atom stereocenters. The molecule has 1 aliphatic rings. The summed E-state index contributed by atoms with van der Waals surface area (Å²) < 4.78 is 71.5. The fraction of sp³-hybridized carbons (Fsp3) is 0.273. The van der Waals surface area contributed by atoms with Crippen LogP contribution in [0.4, 0.5) is 22.0 Å². The van der Waals surface area contributed by atoms with Crippen LogP contribution in [0.5, 0.6) is 0 Å². The first-order valence-electron chi connectivity index (χ1n) is 10.3. The van der Waals surface area contributed by atoms with Gasteiger partial charge in [-0.25, -0.2) is 18.4 Å². The average Bonchev–Trinajstić information content (AvgIpc) is 3.17. The Morgan fingerprint density at radius 1 is 1.20 bits per heavy atom. The number of nitrogens with one attached hydrogen (secondary N) is 1. The van der Waals surface area contributed by atoms with E-state index in [2.05, 4.69) is 20.4 Å². The molecule has 0 aliphatic carbocycles. The summed E-state index contributed by atoms with van der Waals surface area (Å²) in [6, 6.07) is 3.72. The van der Waals surface area contributed by atoms with Crippen molar-refractivity contribution in [3.63, 3.8) is 0 Å². The SMILES string of the molecule is C[C@@H]1N=C(c2c(F)cccc2F)c2c(ccc(C(F)(F)F)c2Cl)-n2nc(C(=O)NC[C@@H](C)O)nc21. The van der Waals surface area contributed by atoms with Crippen molar-refractivity contribution >= 4 is 23.2 Å². The van der Waals surface area contributed by atoms with Gasteiger partial charge < -0.3 is 10.4 Å². The number of rotatable bonds is 4. The zero-order chi connectivity index (χ0) is 25.7. The predicted octanol–water partition coefficient (Wildman–Crippen LogP) is 4.24. The molecule has 0 saturated heterocycles. The van der Waals surface area contributed by atoms with E-state index in [1.165, 1.54) is 13.8 Å². The molecule has 2 aromatic carbocycles. The highest BCUT2D eigenvalue weighted by atomic mass is 35.5. The van der Waals surface area contributed by atoms with Gasteiger partial charge in [0.2, 0.25) is 5.82 Å². The maximum Gasteiger partial charge on any atom is 0.417 e. The van der Waals surface area contributed by atoms with Crippen LogP contribution in [0.25, 0.3) is 5.69 Å². The van der Waals surface area contributed by atoms with E-state index in [-0.39, 0.29) is 23.9 Å². The molecule has 1 aliphatic heterocycles. The Bertz CT molecular complexity index is 1330. The summed E-state index contributed by atoms with van der Waals surface area (Å²) in [5, 5.41) is 15.0. The van der Waals surface area contributed by atoms with E-state index in [9.17, 15) is 31.9 Å². The summed E-state index contributed by atoms with van der Waals surface area (Å²) in [6.07, 6.45) is -5.72. The summed E-state index contributed by atoms with van der Waals surface area (Å²) in [6.45, 7) is 2.83. The number of benzene rings is 2. The smallest absolute Gasteiger partial charge is 0.392 e. The molecule has 1 aromatic heterocycles. The maximum absolute atomic E-state index is 14.7. The standard InChI is InChI=1S/C22H17ClF5N5O2/c1-9(34)8-29-21(35)19-31-20-10(2)30-18(15-12(24)4-3-5-13(15)25)16-14(33(20)32-19)7-6-11(17(16)23)22(26,27)28/h3-7,9-10,34H,8H2,1-2H3,(H,29,35)/t9-,10+/m1/s1. The van der Waals surface area contributed by atoms with Crippen LogP contribution < -0.4 is 5.32 Å². The quantitative estimate of drug-likeness (QED) is 0.510. The molecule has 3 aromatic rings. The molecule has 0 bridgehead atoms. The number of carbonyl (C=O) groups is 1. The van der Waals surface area contributed by atoms with Crippen molar-refractivity contribution in [2.75, 3.05) is 6.54 Å². The molecule has 13 heteroatoms. The number of nitrogens with zero attached hydrogens (tertiary/aromatic N) is 4. The third kappa shape index (κ3) is 4.50. The summed E-state index contributed by atoms with van der Waals surface area (Å²) in [5.74, 6) is -3.18. The van der Waals surface area contributed by atoms with Crippen LogP contribution in [-0.2, 0) is 6.18 Å². The highest BCUT2D eigenvalue weighted by molar-refractivity contribution is 6.37. The lowest BCUT2D eigenvalue weighted by Gasteiger charge is -2.17. The molecule has 2 heterocycles. The van der Waals surface area contributed by atoms with Gasteiger partial charge in [-0.3, -0.25) is 9.79 Å². The number of carbonyl (C=O) groups excluding carboxylic acids is 1. The molecule has 0 spiro atoms. The lowest BCUT2D eigenvalue weighted by Crippen LogP contribution is -2.31. The molecule has 2 atom stereocenters. The Kier molecular flexibility index (Phi) is 6.36. The monoisotopic (exact) mass is 513 g/mol. The number of halogens is 6. The van der Waals surface area contributed by atoms with Gasteiger partial charge in [0, 0.05) is 12.1 Å². The number of aliphatic hydroxyl groups is 1. The second-order valence-electron chi connectivity index (χ2n) is 7.83. The van der Waals surface area contributed by atoms with Gasteiger partial charge in [-0.15, -0.1) is 5.10 Å². The number of hydrogen-bond acceptors (Lipinski definition) is 5. The van der Waals surface area contributed by atoms with Gasteiger partial charge in [-0.1, -0.05) is 17.7 Å². The second-order valence-corrected chi connectivity index (χ2v) is 8.21.